The van der Waals surface area contributed by atoms with Crippen LogP contribution in [-0.2, 0) is 27.2 Å². The van der Waals surface area contributed by atoms with E-state index in [1.54, 1.807) is 31.4 Å². The fourth-order valence-electron chi connectivity index (χ4n) is 4.56. The van der Waals surface area contributed by atoms with Crippen molar-refractivity contribution in [1.29, 1.82) is 0 Å². The zero-order valence-corrected chi connectivity index (χ0v) is 23.7. The Kier molecular flexibility index (Phi) is 11.1. The number of carbonyl (C=O) groups is 3. The van der Waals surface area contributed by atoms with Crippen molar-refractivity contribution in [3.63, 3.8) is 0 Å². The summed E-state index contributed by atoms with van der Waals surface area (Å²) in [6.07, 6.45) is 2.32. The van der Waals surface area contributed by atoms with E-state index in [0.717, 1.165) is 22.1 Å². The molecular formula is C30H35ClN2O7. The molecule has 1 aromatic heterocycles. The second-order valence-electron chi connectivity index (χ2n) is 9.71. The Balaban J connectivity index is 1.67. The Morgan fingerprint density at radius 3 is 2.40 bits per heavy atom. The number of hydrogen-bond acceptors (Lipinski definition) is 6. The minimum Gasteiger partial charge on any atom is -0.496 e. The topological polar surface area (TPSA) is 135 Å². The second-order valence-corrected chi connectivity index (χ2v) is 10.1. The van der Waals surface area contributed by atoms with Gasteiger partial charge in [-0.3, -0.25) is 14.4 Å². The summed E-state index contributed by atoms with van der Waals surface area (Å²) in [5, 5.41) is 15.7. The number of carbonyl (C=O) groups excluding carboxylic acids is 2. The van der Waals surface area contributed by atoms with E-state index in [9.17, 15) is 19.2 Å². The standard InChI is InChI=1S/C30H35ClN2O7/c1-18-22-12-14-25(39-3)19(2)28(22)40-30(38)23(18)13-15-26(34)33-24(17-20-8-10-21(31)11-9-20)29(37)32-16-6-4-5-7-27(35)36/h8-12,14,24H,4-7,13,15-17H2,1-3H3,(H,32,37)(H,33,34)(H,35,36). The first-order valence-electron chi connectivity index (χ1n) is 13.2. The first-order chi connectivity index (χ1) is 19.1. The molecule has 0 saturated carbocycles. The summed E-state index contributed by atoms with van der Waals surface area (Å²) in [6.45, 7) is 4.01. The van der Waals surface area contributed by atoms with E-state index in [0.29, 0.717) is 47.7 Å². The monoisotopic (exact) mass is 570 g/mol. The quantitative estimate of drug-likeness (QED) is 0.192. The summed E-state index contributed by atoms with van der Waals surface area (Å²) in [5.41, 5.74) is 2.64. The molecule has 0 aliphatic heterocycles. The Morgan fingerprint density at radius 1 is 1.00 bits per heavy atom. The molecule has 0 saturated heterocycles. The molecule has 9 nitrogen and oxygen atoms in total. The van der Waals surface area contributed by atoms with Crippen LogP contribution >= 0.6 is 11.6 Å². The predicted molar refractivity (Wildman–Crippen MR) is 153 cm³/mol. The molecule has 0 aliphatic rings. The fraction of sp³-hybridized carbons (Fsp3) is 0.400. The van der Waals surface area contributed by atoms with Gasteiger partial charge in [0.1, 0.15) is 17.4 Å². The SMILES string of the molecule is COc1ccc2c(C)c(CCC(=O)NC(Cc3ccc(Cl)cc3)C(=O)NCCCCCC(=O)O)c(=O)oc2c1C. The molecule has 3 N–H and O–H groups in total. The predicted octanol–water partition coefficient (Wildman–Crippen LogP) is 4.49. The molecule has 2 aromatic carbocycles. The van der Waals surface area contributed by atoms with Gasteiger partial charge in [0.25, 0.3) is 0 Å². The van der Waals surface area contributed by atoms with Crippen LogP contribution in [-0.4, -0.2) is 42.6 Å². The van der Waals surface area contributed by atoms with Gasteiger partial charge in [-0.15, -0.1) is 0 Å². The number of amides is 2. The molecule has 0 bridgehead atoms. The molecule has 0 fully saturated rings. The molecule has 0 spiro atoms. The number of unbranched alkanes of at least 4 members (excludes halogenated alkanes) is 2. The maximum Gasteiger partial charge on any atom is 0.339 e. The van der Waals surface area contributed by atoms with Crippen molar-refractivity contribution in [2.24, 2.45) is 0 Å². The third-order valence-electron chi connectivity index (χ3n) is 6.85. The molecule has 10 heteroatoms. The number of hydrogen-bond donors (Lipinski definition) is 3. The van der Waals surface area contributed by atoms with Crippen molar-refractivity contribution in [3.8, 4) is 5.75 Å². The summed E-state index contributed by atoms with van der Waals surface area (Å²) in [7, 11) is 1.55. The minimum atomic E-state index is -0.846. The summed E-state index contributed by atoms with van der Waals surface area (Å²) >= 11 is 5.98. The largest absolute Gasteiger partial charge is 0.496 e. The van der Waals surface area contributed by atoms with Crippen LogP contribution in [0.25, 0.3) is 11.0 Å². The van der Waals surface area contributed by atoms with Gasteiger partial charge in [-0.1, -0.05) is 30.2 Å². The van der Waals surface area contributed by atoms with Gasteiger partial charge in [0.2, 0.25) is 11.8 Å². The molecule has 3 rings (SSSR count). The van der Waals surface area contributed by atoms with Crippen LogP contribution in [0.3, 0.4) is 0 Å². The highest BCUT2D eigenvalue weighted by Gasteiger charge is 2.22. The molecule has 1 unspecified atom stereocenters. The first kappa shape index (κ1) is 30.7. The molecule has 2 amide bonds. The lowest BCUT2D eigenvalue weighted by atomic mass is 10.00. The lowest BCUT2D eigenvalue weighted by molar-refractivity contribution is -0.137. The zero-order valence-electron chi connectivity index (χ0n) is 23.0. The molecule has 1 atom stereocenters. The third kappa shape index (κ3) is 8.32. The molecule has 40 heavy (non-hydrogen) atoms. The molecule has 0 aliphatic carbocycles. The zero-order chi connectivity index (χ0) is 29.2. The normalized spacial score (nSPS) is 11.7. The maximum absolute atomic E-state index is 13.0. The van der Waals surface area contributed by atoms with Crippen molar-refractivity contribution < 1.29 is 28.6 Å². The van der Waals surface area contributed by atoms with Crippen LogP contribution in [0.1, 0.15) is 54.4 Å². The highest BCUT2D eigenvalue weighted by atomic mass is 35.5. The Hall–Kier alpha value is -3.85. The second kappa shape index (κ2) is 14.5. The van der Waals surface area contributed by atoms with Crippen molar-refractivity contribution in [1.82, 2.24) is 10.6 Å². The lowest BCUT2D eigenvalue weighted by Gasteiger charge is -2.19. The van der Waals surface area contributed by atoms with Gasteiger partial charge in [-0.05, 0) is 68.5 Å². The van der Waals surface area contributed by atoms with E-state index in [1.165, 1.54) is 0 Å². The van der Waals surface area contributed by atoms with E-state index < -0.39 is 17.6 Å². The number of methoxy groups -OCH3 is 1. The average molecular weight is 571 g/mol. The maximum atomic E-state index is 13.0. The van der Waals surface area contributed by atoms with Crippen molar-refractivity contribution in [2.45, 2.75) is 64.8 Å². The average Bonchev–Trinajstić information content (AvgIpc) is 2.91. The van der Waals surface area contributed by atoms with Crippen molar-refractivity contribution in [3.05, 3.63) is 74.1 Å². The number of aliphatic carboxylic acids is 1. The summed E-state index contributed by atoms with van der Waals surface area (Å²) in [4.78, 5) is 49.4. The van der Waals surface area contributed by atoms with Gasteiger partial charge in [0, 0.05) is 47.3 Å². The Labute approximate surface area is 237 Å². The van der Waals surface area contributed by atoms with Crippen LogP contribution in [0.15, 0.2) is 45.6 Å². The van der Waals surface area contributed by atoms with E-state index in [-0.39, 0.29) is 37.5 Å². The number of halogens is 1. The third-order valence-corrected chi connectivity index (χ3v) is 7.10. The highest BCUT2D eigenvalue weighted by molar-refractivity contribution is 6.30. The van der Waals surface area contributed by atoms with Crippen molar-refractivity contribution >= 4 is 40.4 Å². The van der Waals surface area contributed by atoms with E-state index >= 15 is 0 Å². The first-order valence-corrected chi connectivity index (χ1v) is 13.6. The lowest BCUT2D eigenvalue weighted by Crippen LogP contribution is -2.48. The Morgan fingerprint density at radius 2 is 1.73 bits per heavy atom. The molecule has 3 aromatic rings. The van der Waals surface area contributed by atoms with Crippen LogP contribution in [0, 0.1) is 13.8 Å². The van der Waals surface area contributed by atoms with Crippen LogP contribution in [0.5, 0.6) is 5.75 Å². The number of fused-ring (bicyclic) bond motifs is 1. The number of aryl methyl sites for hydroxylation is 2. The van der Waals surface area contributed by atoms with Gasteiger partial charge in [0.15, 0.2) is 0 Å². The van der Waals surface area contributed by atoms with Gasteiger partial charge in [-0.2, -0.15) is 0 Å². The minimum absolute atomic E-state index is 0.00811. The van der Waals surface area contributed by atoms with Gasteiger partial charge in [-0.25, -0.2) is 4.79 Å². The van der Waals surface area contributed by atoms with Crippen LogP contribution in [0.2, 0.25) is 5.02 Å². The molecule has 1 heterocycles. The number of rotatable bonds is 14. The number of nitrogens with one attached hydrogen (secondary N) is 2. The van der Waals surface area contributed by atoms with E-state index in [2.05, 4.69) is 10.6 Å². The van der Waals surface area contributed by atoms with Gasteiger partial charge in [0.05, 0.1) is 7.11 Å². The van der Waals surface area contributed by atoms with Crippen molar-refractivity contribution in [2.75, 3.05) is 13.7 Å². The number of carboxylic acid groups (broad SMARTS) is 1. The number of carboxylic acids is 1. The van der Waals surface area contributed by atoms with E-state index in [1.807, 2.05) is 26.0 Å². The van der Waals surface area contributed by atoms with Gasteiger partial charge < -0.3 is 24.9 Å². The Bertz CT molecular complexity index is 1420. The summed E-state index contributed by atoms with van der Waals surface area (Å²) in [5.74, 6) is -0.943. The number of ether oxygens (including phenoxy) is 1. The van der Waals surface area contributed by atoms with Gasteiger partial charge >= 0.3 is 11.6 Å². The summed E-state index contributed by atoms with van der Waals surface area (Å²) < 4.78 is 10.9. The summed E-state index contributed by atoms with van der Waals surface area (Å²) in [6, 6.07) is 9.83. The fourth-order valence-corrected chi connectivity index (χ4v) is 4.69. The molecule has 214 valence electrons. The highest BCUT2D eigenvalue weighted by Crippen LogP contribution is 2.29. The van der Waals surface area contributed by atoms with E-state index in [4.69, 9.17) is 25.9 Å². The van der Waals surface area contributed by atoms with Crippen LogP contribution in [0.4, 0.5) is 0 Å². The molecule has 0 radical (unpaired) electrons. The number of benzene rings is 2. The van der Waals surface area contributed by atoms with Crippen LogP contribution < -0.4 is 21.0 Å². The molecular weight excluding hydrogens is 536 g/mol. The smallest absolute Gasteiger partial charge is 0.339 e.